The number of carboxylic acids is 1. The molecular weight excluding hydrogens is 256 g/mol. The van der Waals surface area contributed by atoms with Crippen molar-refractivity contribution in [2.24, 2.45) is 11.7 Å². The molecule has 0 bridgehead atoms. The lowest BCUT2D eigenvalue weighted by atomic mass is 10.0. The first-order valence-electron chi connectivity index (χ1n) is 6.75. The molecule has 0 fully saturated rings. The normalized spacial score (nSPS) is 12.2. The average Bonchev–Trinajstić information content (AvgIpc) is 2.38. The second-order valence-corrected chi connectivity index (χ2v) is 5.28. The van der Waals surface area contributed by atoms with E-state index >= 15 is 0 Å². The van der Waals surface area contributed by atoms with E-state index in [1.807, 2.05) is 19.9 Å². The van der Waals surface area contributed by atoms with Crippen molar-refractivity contribution < 1.29 is 14.7 Å². The van der Waals surface area contributed by atoms with Gasteiger partial charge in [0.1, 0.15) is 0 Å². The van der Waals surface area contributed by atoms with Crippen molar-refractivity contribution in [3.05, 3.63) is 35.4 Å². The Labute approximate surface area is 119 Å². The molecule has 1 aromatic rings. The van der Waals surface area contributed by atoms with Crippen LogP contribution < -0.4 is 11.1 Å². The second kappa shape index (κ2) is 7.65. The average molecular weight is 278 g/mol. The Morgan fingerprint density at radius 3 is 2.65 bits per heavy atom. The Balaban J connectivity index is 2.42. The van der Waals surface area contributed by atoms with Gasteiger partial charge in [0.25, 0.3) is 0 Å². The molecule has 1 rings (SSSR count). The van der Waals surface area contributed by atoms with Crippen molar-refractivity contribution >= 4 is 11.9 Å². The highest BCUT2D eigenvalue weighted by molar-refractivity contribution is 5.87. The predicted molar refractivity (Wildman–Crippen MR) is 77.5 cm³/mol. The van der Waals surface area contributed by atoms with Crippen LogP contribution in [0.4, 0.5) is 0 Å². The van der Waals surface area contributed by atoms with Gasteiger partial charge in [-0.15, -0.1) is 0 Å². The van der Waals surface area contributed by atoms with E-state index < -0.39 is 12.0 Å². The summed E-state index contributed by atoms with van der Waals surface area (Å²) in [5.74, 6) is -0.731. The second-order valence-electron chi connectivity index (χ2n) is 5.28. The number of carbonyl (C=O) groups is 2. The highest BCUT2D eigenvalue weighted by atomic mass is 16.4. The Morgan fingerprint density at radius 1 is 1.35 bits per heavy atom. The number of amides is 1. The monoisotopic (exact) mass is 278 g/mol. The highest BCUT2D eigenvalue weighted by Crippen LogP contribution is 2.06. The molecular formula is C15H22N2O3. The number of rotatable bonds is 7. The van der Waals surface area contributed by atoms with Gasteiger partial charge >= 0.3 is 5.97 Å². The van der Waals surface area contributed by atoms with E-state index in [-0.39, 0.29) is 11.5 Å². The molecule has 4 N–H and O–H groups in total. The van der Waals surface area contributed by atoms with Crippen molar-refractivity contribution in [1.29, 1.82) is 0 Å². The van der Waals surface area contributed by atoms with Crippen molar-refractivity contribution in [1.82, 2.24) is 5.32 Å². The summed E-state index contributed by atoms with van der Waals surface area (Å²) in [6, 6.07) is 6.21. The minimum Gasteiger partial charge on any atom is -0.478 e. The molecule has 1 atom stereocenters. The molecule has 0 spiro atoms. The van der Waals surface area contributed by atoms with Gasteiger partial charge in [-0.25, -0.2) is 4.79 Å². The summed E-state index contributed by atoms with van der Waals surface area (Å²) in [6.07, 6.45) is 1.24. The number of aromatic carboxylic acids is 1. The van der Waals surface area contributed by atoms with Crippen LogP contribution in [0, 0.1) is 5.92 Å². The molecule has 0 saturated heterocycles. The molecule has 110 valence electrons. The first-order chi connectivity index (χ1) is 9.40. The van der Waals surface area contributed by atoms with Gasteiger partial charge in [-0.3, -0.25) is 4.79 Å². The molecule has 0 aliphatic carbocycles. The van der Waals surface area contributed by atoms with E-state index in [1.54, 1.807) is 18.2 Å². The lowest BCUT2D eigenvalue weighted by Gasteiger charge is -2.14. The summed E-state index contributed by atoms with van der Waals surface area (Å²) >= 11 is 0. The van der Waals surface area contributed by atoms with Gasteiger partial charge in [0, 0.05) is 6.54 Å². The van der Waals surface area contributed by atoms with Gasteiger partial charge in [-0.2, -0.15) is 0 Å². The molecule has 5 heteroatoms. The Kier molecular flexibility index (Phi) is 6.18. The maximum Gasteiger partial charge on any atom is 0.335 e. The van der Waals surface area contributed by atoms with E-state index in [0.29, 0.717) is 25.3 Å². The number of nitrogens with two attached hydrogens (primary N) is 1. The summed E-state index contributed by atoms with van der Waals surface area (Å²) in [5.41, 5.74) is 6.90. The van der Waals surface area contributed by atoms with Crippen LogP contribution in [0.2, 0.25) is 0 Å². The topological polar surface area (TPSA) is 92.4 Å². The van der Waals surface area contributed by atoms with Crippen LogP contribution in [-0.2, 0) is 11.2 Å². The number of hydrogen-bond acceptors (Lipinski definition) is 3. The molecule has 20 heavy (non-hydrogen) atoms. The van der Waals surface area contributed by atoms with E-state index in [1.165, 1.54) is 0 Å². The molecule has 0 aliphatic rings. The van der Waals surface area contributed by atoms with Gasteiger partial charge in [0.05, 0.1) is 11.6 Å². The third-order valence-corrected chi connectivity index (χ3v) is 2.95. The minimum atomic E-state index is -0.949. The lowest BCUT2D eigenvalue weighted by molar-refractivity contribution is -0.122. The first kappa shape index (κ1) is 16.2. The van der Waals surface area contributed by atoms with Gasteiger partial charge in [-0.1, -0.05) is 26.0 Å². The van der Waals surface area contributed by atoms with Crippen LogP contribution in [-0.4, -0.2) is 29.6 Å². The van der Waals surface area contributed by atoms with E-state index in [4.69, 9.17) is 10.8 Å². The zero-order valence-electron chi connectivity index (χ0n) is 11.9. The van der Waals surface area contributed by atoms with E-state index in [9.17, 15) is 9.59 Å². The summed E-state index contributed by atoms with van der Waals surface area (Å²) in [6.45, 7) is 4.49. The SMILES string of the molecule is CC(C)C[C@@H](N)C(=O)NCCc1cccc(C(=O)O)c1. The van der Waals surface area contributed by atoms with Crippen LogP contribution >= 0.6 is 0 Å². The van der Waals surface area contributed by atoms with Gasteiger partial charge < -0.3 is 16.2 Å². The molecule has 5 nitrogen and oxygen atoms in total. The Bertz CT molecular complexity index is 472. The highest BCUT2D eigenvalue weighted by Gasteiger charge is 2.14. The molecule has 1 amide bonds. The summed E-state index contributed by atoms with van der Waals surface area (Å²) in [7, 11) is 0. The predicted octanol–water partition coefficient (Wildman–Crippen LogP) is 1.42. The maximum atomic E-state index is 11.7. The molecule has 0 radical (unpaired) electrons. The number of hydrogen-bond donors (Lipinski definition) is 3. The Hall–Kier alpha value is -1.88. The fraction of sp³-hybridized carbons (Fsp3) is 0.467. The smallest absolute Gasteiger partial charge is 0.335 e. The van der Waals surface area contributed by atoms with Crippen LogP contribution in [0.1, 0.15) is 36.2 Å². The largest absolute Gasteiger partial charge is 0.478 e. The minimum absolute atomic E-state index is 0.159. The Morgan fingerprint density at radius 2 is 2.05 bits per heavy atom. The zero-order chi connectivity index (χ0) is 15.1. The van der Waals surface area contributed by atoms with Crippen LogP contribution in [0.5, 0.6) is 0 Å². The third-order valence-electron chi connectivity index (χ3n) is 2.95. The van der Waals surface area contributed by atoms with Crippen molar-refractivity contribution in [3.63, 3.8) is 0 Å². The summed E-state index contributed by atoms with van der Waals surface area (Å²) < 4.78 is 0. The number of carbonyl (C=O) groups excluding carboxylic acids is 1. The molecule has 0 aliphatic heterocycles. The van der Waals surface area contributed by atoms with Gasteiger partial charge in [-0.05, 0) is 36.5 Å². The lowest BCUT2D eigenvalue weighted by Crippen LogP contribution is -2.42. The molecule has 1 aromatic carbocycles. The summed E-state index contributed by atoms with van der Waals surface area (Å²) in [5, 5.41) is 11.7. The molecule has 0 aromatic heterocycles. The van der Waals surface area contributed by atoms with Crippen molar-refractivity contribution in [2.45, 2.75) is 32.7 Å². The number of benzene rings is 1. The molecule has 0 saturated carbocycles. The zero-order valence-corrected chi connectivity index (χ0v) is 11.9. The molecule has 0 heterocycles. The van der Waals surface area contributed by atoms with E-state index in [0.717, 1.165) is 5.56 Å². The fourth-order valence-corrected chi connectivity index (χ4v) is 1.94. The standard InChI is InChI=1S/C15H22N2O3/c1-10(2)8-13(16)14(18)17-7-6-11-4-3-5-12(9-11)15(19)20/h3-5,9-10,13H,6-8,16H2,1-2H3,(H,17,18)(H,19,20)/t13-/m1/s1. The quantitative estimate of drug-likeness (QED) is 0.703. The van der Waals surface area contributed by atoms with Crippen molar-refractivity contribution in [2.75, 3.05) is 6.54 Å². The first-order valence-corrected chi connectivity index (χ1v) is 6.75. The van der Waals surface area contributed by atoms with Crippen LogP contribution in [0.15, 0.2) is 24.3 Å². The van der Waals surface area contributed by atoms with E-state index in [2.05, 4.69) is 5.32 Å². The van der Waals surface area contributed by atoms with Crippen LogP contribution in [0.3, 0.4) is 0 Å². The maximum absolute atomic E-state index is 11.7. The number of carboxylic acid groups (broad SMARTS) is 1. The fourth-order valence-electron chi connectivity index (χ4n) is 1.94. The number of nitrogens with one attached hydrogen (secondary N) is 1. The summed E-state index contributed by atoms with van der Waals surface area (Å²) in [4.78, 5) is 22.6. The third kappa shape index (κ3) is 5.40. The molecule has 0 unspecified atom stereocenters. The van der Waals surface area contributed by atoms with Crippen molar-refractivity contribution in [3.8, 4) is 0 Å². The van der Waals surface area contributed by atoms with Gasteiger partial charge in [0.2, 0.25) is 5.91 Å². The van der Waals surface area contributed by atoms with Gasteiger partial charge in [0.15, 0.2) is 0 Å². The van der Waals surface area contributed by atoms with Crippen LogP contribution in [0.25, 0.3) is 0 Å².